The third-order valence-electron chi connectivity index (χ3n) is 7.01. The van der Waals surface area contributed by atoms with Gasteiger partial charge in [0.15, 0.2) is 0 Å². The summed E-state index contributed by atoms with van der Waals surface area (Å²) in [5.74, 6) is 3.04. The Bertz CT molecular complexity index is 1550. The molecule has 0 fully saturated rings. The summed E-state index contributed by atoms with van der Waals surface area (Å²) in [5.41, 5.74) is 8.45. The molecule has 0 saturated carbocycles. The van der Waals surface area contributed by atoms with E-state index in [1.54, 1.807) is 28.4 Å². The highest BCUT2D eigenvalue weighted by molar-refractivity contribution is 6.30. The average molecular weight is 563 g/mol. The maximum absolute atomic E-state index is 6.16. The van der Waals surface area contributed by atoms with Crippen molar-refractivity contribution in [2.24, 2.45) is 0 Å². The number of hydrogen-bond donors (Lipinski definition) is 0. The highest BCUT2D eigenvalue weighted by Gasteiger charge is 2.12. The number of rotatable bonds is 9. The van der Waals surface area contributed by atoms with Gasteiger partial charge in [-0.1, -0.05) is 72.3 Å². The minimum absolute atomic E-state index is 0.708. The topological polar surface area (TPSA) is 36.9 Å². The summed E-state index contributed by atoms with van der Waals surface area (Å²) < 4.78 is 22.0. The third kappa shape index (κ3) is 6.24. The van der Waals surface area contributed by atoms with E-state index in [-0.39, 0.29) is 0 Å². The van der Waals surface area contributed by atoms with Gasteiger partial charge in [-0.05, 0) is 75.9 Å². The van der Waals surface area contributed by atoms with E-state index in [4.69, 9.17) is 30.5 Å². The van der Waals surface area contributed by atoms with Crippen LogP contribution >= 0.6 is 11.6 Å². The molecule has 0 aliphatic heterocycles. The van der Waals surface area contributed by atoms with Crippen molar-refractivity contribution in [3.8, 4) is 45.3 Å². The van der Waals surface area contributed by atoms with E-state index in [2.05, 4.69) is 54.6 Å². The molecule has 0 N–H and O–H groups in total. The van der Waals surface area contributed by atoms with Crippen molar-refractivity contribution in [1.82, 2.24) is 0 Å². The Morgan fingerprint density at radius 2 is 0.951 bits per heavy atom. The molecule has 0 heterocycles. The highest BCUT2D eigenvalue weighted by Crippen LogP contribution is 2.37. The minimum Gasteiger partial charge on any atom is -0.497 e. The van der Waals surface area contributed by atoms with Crippen LogP contribution in [0.15, 0.2) is 109 Å². The van der Waals surface area contributed by atoms with Crippen LogP contribution in [0.25, 0.3) is 33.9 Å². The van der Waals surface area contributed by atoms with Crippen LogP contribution in [0.4, 0.5) is 0 Å². The van der Waals surface area contributed by atoms with E-state index in [0.717, 1.165) is 67.5 Å². The standard InChI is InChI=1S/C36H31ClO4/c1-38-30-17-19-32(35(22-30)40-3)25-7-11-27(12-8-25)34(21-24-5-15-29(37)16-6-24)28-13-9-26(10-14-28)33-20-18-31(39-2)23-36(33)41-4/h5-23H,1-4H3. The Hall–Kier alpha value is -4.67. The monoisotopic (exact) mass is 562 g/mol. The minimum atomic E-state index is 0.708. The van der Waals surface area contributed by atoms with E-state index in [1.807, 2.05) is 60.7 Å². The molecule has 4 nitrogen and oxygen atoms in total. The van der Waals surface area contributed by atoms with Crippen molar-refractivity contribution in [3.05, 3.63) is 131 Å². The lowest BCUT2D eigenvalue weighted by Crippen LogP contribution is -1.93. The summed E-state index contributed by atoms with van der Waals surface area (Å²) in [7, 11) is 6.64. The second-order valence-corrected chi connectivity index (χ2v) is 9.83. The van der Waals surface area contributed by atoms with Crippen LogP contribution in [0, 0.1) is 0 Å². The average Bonchev–Trinajstić information content (AvgIpc) is 3.04. The zero-order valence-corrected chi connectivity index (χ0v) is 24.2. The molecule has 0 unspecified atom stereocenters. The summed E-state index contributed by atoms with van der Waals surface area (Å²) in [4.78, 5) is 0. The fraction of sp³-hybridized carbons (Fsp3) is 0.111. The first-order valence-electron chi connectivity index (χ1n) is 13.2. The Balaban J connectivity index is 1.54. The highest BCUT2D eigenvalue weighted by atomic mass is 35.5. The zero-order valence-electron chi connectivity index (χ0n) is 23.5. The van der Waals surface area contributed by atoms with Gasteiger partial charge in [-0.3, -0.25) is 0 Å². The van der Waals surface area contributed by atoms with Gasteiger partial charge in [-0.25, -0.2) is 0 Å². The number of hydrogen-bond acceptors (Lipinski definition) is 4. The predicted octanol–water partition coefficient (Wildman–Crippen LogP) is 9.30. The second-order valence-electron chi connectivity index (χ2n) is 9.40. The van der Waals surface area contributed by atoms with E-state index in [1.165, 1.54) is 0 Å². The molecule has 5 aromatic carbocycles. The molecule has 0 spiro atoms. The van der Waals surface area contributed by atoms with Crippen LogP contribution in [0.2, 0.25) is 5.02 Å². The Kier molecular flexibility index (Phi) is 8.61. The summed E-state index contributed by atoms with van der Waals surface area (Å²) in [6.45, 7) is 0. The zero-order chi connectivity index (χ0) is 28.8. The summed E-state index contributed by atoms with van der Waals surface area (Å²) in [5, 5.41) is 0.708. The molecule has 0 saturated heterocycles. The fourth-order valence-electron chi connectivity index (χ4n) is 4.79. The third-order valence-corrected chi connectivity index (χ3v) is 7.26. The Labute approximate surface area is 246 Å². The van der Waals surface area contributed by atoms with Crippen molar-refractivity contribution in [1.29, 1.82) is 0 Å². The maximum atomic E-state index is 6.16. The van der Waals surface area contributed by atoms with Crippen LogP contribution in [0.3, 0.4) is 0 Å². The number of benzene rings is 5. The van der Waals surface area contributed by atoms with Gasteiger partial charge in [0.2, 0.25) is 0 Å². The Morgan fingerprint density at radius 3 is 1.34 bits per heavy atom. The molecule has 5 aromatic rings. The van der Waals surface area contributed by atoms with Gasteiger partial charge in [0, 0.05) is 28.3 Å². The van der Waals surface area contributed by atoms with Crippen LogP contribution < -0.4 is 18.9 Å². The first kappa shape index (κ1) is 27.9. The molecule has 0 atom stereocenters. The Morgan fingerprint density at radius 1 is 0.512 bits per heavy atom. The molecule has 0 aliphatic carbocycles. The summed E-state index contributed by atoms with van der Waals surface area (Å²) in [6, 6.07) is 36.6. The quantitative estimate of drug-likeness (QED) is 0.168. The summed E-state index contributed by atoms with van der Waals surface area (Å²) in [6.07, 6.45) is 2.18. The van der Waals surface area contributed by atoms with Gasteiger partial charge >= 0.3 is 0 Å². The van der Waals surface area contributed by atoms with Gasteiger partial charge < -0.3 is 18.9 Å². The molecule has 5 heteroatoms. The van der Waals surface area contributed by atoms with Gasteiger partial charge in [0.25, 0.3) is 0 Å². The van der Waals surface area contributed by atoms with Crippen LogP contribution in [0.1, 0.15) is 16.7 Å². The van der Waals surface area contributed by atoms with Crippen LogP contribution in [0.5, 0.6) is 23.0 Å². The van der Waals surface area contributed by atoms with E-state index < -0.39 is 0 Å². The molecule has 206 valence electrons. The summed E-state index contributed by atoms with van der Waals surface area (Å²) >= 11 is 6.16. The van der Waals surface area contributed by atoms with E-state index in [9.17, 15) is 0 Å². The molecular formula is C36H31ClO4. The smallest absolute Gasteiger partial charge is 0.130 e. The molecular weight excluding hydrogens is 532 g/mol. The molecule has 0 aliphatic rings. The van der Waals surface area contributed by atoms with Gasteiger partial charge in [-0.2, -0.15) is 0 Å². The van der Waals surface area contributed by atoms with Gasteiger partial charge in [0.05, 0.1) is 28.4 Å². The number of halogens is 1. The van der Waals surface area contributed by atoms with Crippen molar-refractivity contribution in [3.63, 3.8) is 0 Å². The van der Waals surface area contributed by atoms with Crippen molar-refractivity contribution >= 4 is 23.3 Å². The normalized spacial score (nSPS) is 10.6. The molecule has 0 amide bonds. The van der Waals surface area contributed by atoms with Crippen LogP contribution in [-0.4, -0.2) is 28.4 Å². The predicted molar refractivity (Wildman–Crippen MR) is 168 cm³/mol. The first-order valence-corrected chi connectivity index (χ1v) is 13.5. The maximum Gasteiger partial charge on any atom is 0.130 e. The molecule has 5 rings (SSSR count). The van der Waals surface area contributed by atoms with Crippen molar-refractivity contribution < 1.29 is 18.9 Å². The largest absolute Gasteiger partial charge is 0.497 e. The number of ether oxygens (including phenoxy) is 4. The molecule has 0 radical (unpaired) electrons. The lowest BCUT2D eigenvalue weighted by molar-refractivity contribution is 0.395. The lowest BCUT2D eigenvalue weighted by atomic mass is 9.92. The fourth-order valence-corrected chi connectivity index (χ4v) is 4.92. The van der Waals surface area contributed by atoms with Crippen LogP contribution in [-0.2, 0) is 0 Å². The van der Waals surface area contributed by atoms with E-state index >= 15 is 0 Å². The molecule has 41 heavy (non-hydrogen) atoms. The van der Waals surface area contributed by atoms with Crippen molar-refractivity contribution in [2.75, 3.05) is 28.4 Å². The van der Waals surface area contributed by atoms with Gasteiger partial charge in [-0.15, -0.1) is 0 Å². The lowest BCUT2D eigenvalue weighted by Gasteiger charge is -2.14. The first-order chi connectivity index (χ1) is 20.0. The SMILES string of the molecule is COc1ccc(-c2ccc(C(=Cc3ccc(Cl)cc3)c3ccc(-c4ccc(OC)cc4OC)cc3)cc2)c(OC)c1. The van der Waals surface area contributed by atoms with Crippen molar-refractivity contribution in [2.45, 2.75) is 0 Å². The molecule has 0 aromatic heterocycles. The molecule has 0 bridgehead atoms. The van der Waals surface area contributed by atoms with Gasteiger partial charge in [0.1, 0.15) is 23.0 Å². The second kappa shape index (κ2) is 12.7. The van der Waals surface area contributed by atoms with E-state index in [0.29, 0.717) is 5.02 Å². The number of methoxy groups -OCH3 is 4.